The summed E-state index contributed by atoms with van der Waals surface area (Å²) in [5, 5.41) is 10.7. The Morgan fingerprint density at radius 2 is 1.81 bits per heavy atom. The smallest absolute Gasteiger partial charge is 0.337 e. The number of hydrogen-bond donors (Lipinski definition) is 1. The summed E-state index contributed by atoms with van der Waals surface area (Å²) in [6.07, 6.45) is -0.0481. The van der Waals surface area contributed by atoms with Gasteiger partial charge in [-0.25, -0.2) is 9.18 Å². The van der Waals surface area contributed by atoms with Gasteiger partial charge in [0.2, 0.25) is 0 Å². The van der Waals surface area contributed by atoms with Gasteiger partial charge in [-0.15, -0.1) is 0 Å². The van der Waals surface area contributed by atoms with Crippen molar-refractivity contribution in [1.82, 2.24) is 4.90 Å². The summed E-state index contributed by atoms with van der Waals surface area (Å²) in [5.41, 5.74) is 1.11. The number of nitrogens with zero attached hydrogens (tertiary/aromatic N) is 1. The van der Waals surface area contributed by atoms with Gasteiger partial charge in [0.05, 0.1) is 24.3 Å². The van der Waals surface area contributed by atoms with Crippen LogP contribution in [0, 0.1) is 24.6 Å². The van der Waals surface area contributed by atoms with Crippen LogP contribution >= 0.6 is 0 Å². The van der Waals surface area contributed by atoms with E-state index in [0.29, 0.717) is 42.8 Å². The molecule has 2 aromatic carbocycles. The number of amides is 1. The molecule has 0 bridgehead atoms. The lowest BCUT2D eigenvalue weighted by molar-refractivity contribution is -0.0231. The molecule has 2 aromatic rings. The number of carbonyl (C=O) groups is 2. The van der Waals surface area contributed by atoms with Crippen molar-refractivity contribution in [2.24, 2.45) is 11.8 Å². The minimum absolute atomic E-state index is 0.120. The van der Waals surface area contributed by atoms with Gasteiger partial charge in [0, 0.05) is 13.1 Å². The molecule has 6 nitrogen and oxygen atoms in total. The predicted octanol–water partition coefficient (Wildman–Crippen LogP) is 3.21. The van der Waals surface area contributed by atoms with Crippen molar-refractivity contribution in [2.45, 2.75) is 32.0 Å². The monoisotopic (exact) mass is 427 g/mol. The molecule has 0 radical (unpaired) electrons. The number of rotatable bonds is 4. The molecule has 0 spiro atoms. The van der Waals surface area contributed by atoms with E-state index in [4.69, 9.17) is 9.47 Å². The number of benzene rings is 2. The molecule has 7 heteroatoms. The number of esters is 1. The highest BCUT2D eigenvalue weighted by Crippen LogP contribution is 2.39. The summed E-state index contributed by atoms with van der Waals surface area (Å²) in [6.45, 7) is 2.74. The summed E-state index contributed by atoms with van der Waals surface area (Å²) in [6, 6.07) is 11.3. The minimum Gasteiger partial charge on any atom is -0.488 e. The van der Waals surface area contributed by atoms with E-state index in [2.05, 4.69) is 0 Å². The Hall–Kier alpha value is -2.93. The lowest BCUT2D eigenvalue weighted by atomic mass is 9.78. The van der Waals surface area contributed by atoms with Gasteiger partial charge in [0.1, 0.15) is 17.7 Å². The Labute approximate surface area is 180 Å². The first-order chi connectivity index (χ1) is 14.9. The molecule has 0 aromatic heterocycles. The average molecular weight is 427 g/mol. The molecule has 1 aliphatic carbocycles. The fourth-order valence-corrected chi connectivity index (χ4v) is 4.73. The summed E-state index contributed by atoms with van der Waals surface area (Å²) in [5.74, 6) is -0.476. The SMILES string of the molecule is COC(=O)c1cccc(O[C@@H]2C[C@@H]3CN(C(=O)c4c(C)cccc4F)C[C@@H]3C[C@H]2O)c1. The molecule has 1 saturated heterocycles. The normalized spacial score (nSPS) is 25.1. The Balaban J connectivity index is 1.45. The standard InChI is InChI=1S/C24H26FNO5/c1-14-5-3-8-19(25)22(14)23(28)26-12-16-10-20(27)21(11-17(16)13-26)31-18-7-4-6-15(9-18)24(29)30-2/h3-9,16-17,20-21,27H,10-13H2,1-2H3/t16-,17+,20+,21+/m0/s1. The van der Waals surface area contributed by atoms with Crippen LogP contribution in [0.2, 0.25) is 0 Å². The maximum atomic E-state index is 14.3. The predicted molar refractivity (Wildman–Crippen MR) is 111 cm³/mol. The highest BCUT2D eigenvalue weighted by molar-refractivity contribution is 5.96. The van der Waals surface area contributed by atoms with Gasteiger partial charge in [-0.2, -0.15) is 0 Å². The summed E-state index contributed by atoms with van der Waals surface area (Å²) in [7, 11) is 1.32. The minimum atomic E-state index is -0.687. The van der Waals surface area contributed by atoms with Crippen LogP contribution in [0.4, 0.5) is 4.39 Å². The van der Waals surface area contributed by atoms with Crippen LogP contribution in [0.1, 0.15) is 39.1 Å². The van der Waals surface area contributed by atoms with E-state index in [9.17, 15) is 19.1 Å². The van der Waals surface area contributed by atoms with Crippen LogP contribution in [0.5, 0.6) is 5.75 Å². The molecule has 0 unspecified atom stereocenters. The molecule has 1 N–H and O–H groups in total. The van der Waals surface area contributed by atoms with Crippen molar-refractivity contribution >= 4 is 11.9 Å². The lowest BCUT2D eigenvalue weighted by Gasteiger charge is -2.35. The third-order valence-corrected chi connectivity index (χ3v) is 6.35. The number of aliphatic hydroxyl groups excluding tert-OH is 1. The molecule has 1 aliphatic heterocycles. The third kappa shape index (κ3) is 4.28. The number of aryl methyl sites for hydroxylation is 1. The molecule has 2 aliphatic rings. The highest BCUT2D eigenvalue weighted by atomic mass is 19.1. The number of ether oxygens (including phenoxy) is 2. The Bertz CT molecular complexity index is 973. The van der Waals surface area contributed by atoms with E-state index >= 15 is 0 Å². The van der Waals surface area contributed by atoms with Crippen molar-refractivity contribution in [3.8, 4) is 5.75 Å². The molecule has 1 saturated carbocycles. The Kier molecular flexibility index (Phi) is 5.96. The van der Waals surface area contributed by atoms with Crippen LogP contribution in [-0.4, -0.2) is 54.3 Å². The van der Waals surface area contributed by atoms with Gasteiger partial charge >= 0.3 is 5.97 Å². The van der Waals surface area contributed by atoms with E-state index in [1.807, 2.05) is 0 Å². The first kappa shape index (κ1) is 21.3. The van der Waals surface area contributed by atoms with Gasteiger partial charge < -0.3 is 19.5 Å². The molecule has 164 valence electrons. The molecule has 1 amide bonds. The largest absolute Gasteiger partial charge is 0.488 e. The quantitative estimate of drug-likeness (QED) is 0.759. The second-order valence-corrected chi connectivity index (χ2v) is 8.38. The van der Waals surface area contributed by atoms with Crippen LogP contribution in [0.3, 0.4) is 0 Å². The van der Waals surface area contributed by atoms with E-state index in [0.717, 1.165) is 0 Å². The number of methoxy groups -OCH3 is 1. The number of fused-ring (bicyclic) bond motifs is 1. The number of halogens is 1. The van der Waals surface area contributed by atoms with Crippen molar-refractivity contribution in [1.29, 1.82) is 0 Å². The molecule has 1 heterocycles. The maximum Gasteiger partial charge on any atom is 0.337 e. The van der Waals surface area contributed by atoms with Crippen molar-refractivity contribution in [3.63, 3.8) is 0 Å². The number of hydrogen-bond acceptors (Lipinski definition) is 5. The molecule has 2 fully saturated rings. The number of aliphatic hydroxyl groups is 1. The highest BCUT2D eigenvalue weighted by Gasteiger charge is 2.44. The molecular formula is C24H26FNO5. The fraction of sp³-hybridized carbons (Fsp3) is 0.417. The van der Waals surface area contributed by atoms with Crippen molar-refractivity contribution < 1.29 is 28.6 Å². The van der Waals surface area contributed by atoms with E-state index in [1.165, 1.54) is 13.2 Å². The van der Waals surface area contributed by atoms with Gasteiger partial charge in [0.25, 0.3) is 5.91 Å². The van der Waals surface area contributed by atoms with Crippen LogP contribution in [-0.2, 0) is 4.74 Å². The topological polar surface area (TPSA) is 76.1 Å². The molecule has 4 rings (SSSR count). The van der Waals surface area contributed by atoms with E-state index in [-0.39, 0.29) is 23.3 Å². The Morgan fingerprint density at radius 1 is 1.10 bits per heavy atom. The summed E-state index contributed by atoms with van der Waals surface area (Å²) < 4.78 is 25.0. The van der Waals surface area contributed by atoms with E-state index in [1.54, 1.807) is 48.2 Å². The Morgan fingerprint density at radius 3 is 2.52 bits per heavy atom. The van der Waals surface area contributed by atoms with Crippen molar-refractivity contribution in [3.05, 3.63) is 65.0 Å². The average Bonchev–Trinajstić information content (AvgIpc) is 3.16. The van der Waals surface area contributed by atoms with Crippen LogP contribution in [0.25, 0.3) is 0 Å². The zero-order chi connectivity index (χ0) is 22.1. The fourth-order valence-electron chi connectivity index (χ4n) is 4.73. The number of carbonyl (C=O) groups excluding carboxylic acids is 2. The second-order valence-electron chi connectivity index (χ2n) is 8.38. The van der Waals surface area contributed by atoms with Gasteiger partial charge in [0.15, 0.2) is 0 Å². The molecular weight excluding hydrogens is 401 g/mol. The van der Waals surface area contributed by atoms with Gasteiger partial charge in [-0.05, 0) is 61.4 Å². The second kappa shape index (κ2) is 8.67. The van der Waals surface area contributed by atoms with Gasteiger partial charge in [-0.1, -0.05) is 18.2 Å². The first-order valence-electron chi connectivity index (χ1n) is 10.4. The first-order valence-corrected chi connectivity index (χ1v) is 10.4. The third-order valence-electron chi connectivity index (χ3n) is 6.35. The maximum absolute atomic E-state index is 14.3. The summed E-state index contributed by atoms with van der Waals surface area (Å²) >= 11 is 0. The molecule has 31 heavy (non-hydrogen) atoms. The van der Waals surface area contributed by atoms with Crippen molar-refractivity contribution in [2.75, 3.05) is 20.2 Å². The zero-order valence-corrected chi connectivity index (χ0v) is 17.6. The lowest BCUT2D eigenvalue weighted by Crippen LogP contribution is -2.42. The summed E-state index contributed by atoms with van der Waals surface area (Å²) in [4.78, 5) is 26.4. The number of likely N-dealkylation sites (tertiary alicyclic amines) is 1. The van der Waals surface area contributed by atoms with E-state index < -0.39 is 24.0 Å². The molecule has 4 atom stereocenters. The van der Waals surface area contributed by atoms with Crippen LogP contribution < -0.4 is 4.74 Å². The zero-order valence-electron chi connectivity index (χ0n) is 17.6. The van der Waals surface area contributed by atoms with Gasteiger partial charge in [-0.3, -0.25) is 4.79 Å². The van der Waals surface area contributed by atoms with Crippen LogP contribution in [0.15, 0.2) is 42.5 Å².